The summed E-state index contributed by atoms with van der Waals surface area (Å²) in [6, 6.07) is 0. The first-order valence-electron chi connectivity index (χ1n) is 7.72. The number of aromatic hydroxyl groups is 2. The van der Waals surface area contributed by atoms with Crippen molar-refractivity contribution in [1.82, 2.24) is 0 Å². The average Bonchev–Trinajstić information content (AvgIpc) is 2.99. The second-order valence-electron chi connectivity index (χ2n) is 7.24. The Bertz CT molecular complexity index is 1020. The standard InChI is InChI=1S/C16H2Cl12O2/c17-7-8(18)12(22)2-1(11(7,21)15(12,25)26)5(29)3-4(6(2)30)14(24)10(20)9(19)13(3,23)16(14,27)28/h29-30H. The van der Waals surface area contributed by atoms with Crippen LogP contribution in [0.1, 0.15) is 22.3 Å². The Hall–Kier alpha value is 1.78. The van der Waals surface area contributed by atoms with Crippen LogP contribution in [-0.2, 0) is 19.5 Å². The highest BCUT2D eigenvalue weighted by Gasteiger charge is 2.83. The number of rotatable bonds is 0. The maximum atomic E-state index is 11.4. The van der Waals surface area contributed by atoms with Crippen molar-refractivity contribution in [2.75, 3.05) is 0 Å². The van der Waals surface area contributed by atoms with E-state index in [1.807, 2.05) is 0 Å². The third-order valence-electron chi connectivity index (χ3n) is 6.15. The van der Waals surface area contributed by atoms with Gasteiger partial charge in [-0.2, -0.15) is 0 Å². The van der Waals surface area contributed by atoms with Gasteiger partial charge >= 0.3 is 0 Å². The Morgan fingerprint density at radius 1 is 0.400 bits per heavy atom. The zero-order chi connectivity index (χ0) is 22.8. The summed E-state index contributed by atoms with van der Waals surface area (Å²) in [4.78, 5) is -8.23. The van der Waals surface area contributed by atoms with Crippen LogP contribution in [0.15, 0.2) is 20.1 Å². The van der Waals surface area contributed by atoms with Gasteiger partial charge in [-0.3, -0.25) is 0 Å². The molecule has 30 heavy (non-hydrogen) atoms. The summed E-state index contributed by atoms with van der Waals surface area (Å²) in [5.41, 5.74) is -0.917. The fourth-order valence-corrected chi connectivity index (χ4v) is 10.1. The van der Waals surface area contributed by atoms with E-state index in [-0.39, 0.29) is 42.4 Å². The predicted molar refractivity (Wildman–Crippen MR) is 126 cm³/mol. The Balaban J connectivity index is 2.03. The molecule has 1 aromatic carbocycles. The van der Waals surface area contributed by atoms with Crippen LogP contribution in [0.2, 0.25) is 0 Å². The van der Waals surface area contributed by atoms with Crippen molar-refractivity contribution in [2.45, 2.75) is 28.2 Å². The molecule has 0 radical (unpaired) electrons. The lowest BCUT2D eigenvalue weighted by molar-refractivity contribution is 0.436. The molecule has 14 heteroatoms. The number of phenolic OH excluding ortho intramolecular Hbond substituents is 2. The normalized spacial score (nSPS) is 41.7. The van der Waals surface area contributed by atoms with E-state index in [1.165, 1.54) is 0 Å². The molecule has 4 atom stereocenters. The topological polar surface area (TPSA) is 40.5 Å². The van der Waals surface area contributed by atoms with Gasteiger partial charge in [0.1, 0.15) is 31.0 Å². The summed E-state index contributed by atoms with van der Waals surface area (Å²) in [6.07, 6.45) is 0. The summed E-state index contributed by atoms with van der Waals surface area (Å²) < 4.78 is -4.27. The Labute approximate surface area is 229 Å². The van der Waals surface area contributed by atoms with Crippen molar-refractivity contribution in [3.05, 3.63) is 42.4 Å². The first kappa shape index (κ1) is 23.5. The minimum absolute atomic E-state index is 0.229. The number of benzene rings is 1. The monoisotopic (exact) mass is 646 g/mol. The number of alkyl halides is 8. The maximum absolute atomic E-state index is 11.4. The van der Waals surface area contributed by atoms with Gasteiger partial charge in [-0.1, -0.05) is 92.8 Å². The van der Waals surface area contributed by atoms with Crippen LogP contribution in [0.5, 0.6) is 11.5 Å². The third kappa shape index (κ3) is 1.78. The number of phenols is 2. The van der Waals surface area contributed by atoms with Gasteiger partial charge in [0, 0.05) is 22.3 Å². The third-order valence-corrected chi connectivity index (χ3v) is 14.3. The number of fused-ring (bicyclic) bond motifs is 10. The van der Waals surface area contributed by atoms with E-state index in [1.54, 1.807) is 0 Å². The lowest BCUT2D eigenvalue weighted by atomic mass is 9.84. The molecule has 0 spiro atoms. The zero-order valence-electron chi connectivity index (χ0n) is 13.4. The molecule has 1 aromatic rings. The van der Waals surface area contributed by atoms with Crippen molar-refractivity contribution in [3.63, 3.8) is 0 Å². The summed E-state index contributed by atoms with van der Waals surface area (Å²) in [6.45, 7) is 0. The van der Waals surface area contributed by atoms with Crippen molar-refractivity contribution in [3.8, 4) is 11.5 Å². The van der Waals surface area contributed by atoms with Crippen molar-refractivity contribution in [1.29, 1.82) is 0 Å². The molecule has 0 heterocycles. The van der Waals surface area contributed by atoms with Crippen LogP contribution in [-0.4, -0.2) is 18.9 Å². The summed E-state index contributed by atoms with van der Waals surface area (Å²) in [7, 11) is 0. The summed E-state index contributed by atoms with van der Waals surface area (Å²) >= 11 is 78.4. The van der Waals surface area contributed by atoms with Gasteiger partial charge in [0.15, 0.2) is 8.67 Å². The number of halogens is 12. The van der Waals surface area contributed by atoms with E-state index in [9.17, 15) is 10.2 Å². The largest absolute Gasteiger partial charge is 0.507 e. The molecule has 4 bridgehead atoms. The van der Waals surface area contributed by atoms with Gasteiger partial charge in [0.25, 0.3) is 0 Å². The molecule has 0 aliphatic heterocycles. The highest BCUT2D eigenvalue weighted by Crippen LogP contribution is 2.85. The Morgan fingerprint density at radius 3 is 0.733 bits per heavy atom. The lowest BCUT2D eigenvalue weighted by Gasteiger charge is -2.33. The number of allylic oxidation sites excluding steroid dienone is 4. The summed E-state index contributed by atoms with van der Waals surface area (Å²) in [5.74, 6) is -1.23. The van der Waals surface area contributed by atoms with E-state index < -0.39 is 39.7 Å². The van der Waals surface area contributed by atoms with E-state index in [2.05, 4.69) is 0 Å². The minimum Gasteiger partial charge on any atom is -0.507 e. The molecule has 4 aliphatic rings. The van der Waals surface area contributed by atoms with Crippen LogP contribution < -0.4 is 0 Å². The highest BCUT2D eigenvalue weighted by molar-refractivity contribution is 6.67. The van der Waals surface area contributed by atoms with E-state index >= 15 is 0 Å². The molecule has 0 fully saturated rings. The molecule has 2 N–H and O–H groups in total. The van der Waals surface area contributed by atoms with Crippen molar-refractivity contribution in [2.24, 2.45) is 0 Å². The van der Waals surface area contributed by atoms with Gasteiger partial charge in [0.2, 0.25) is 0 Å². The Morgan fingerprint density at radius 2 is 0.567 bits per heavy atom. The molecule has 162 valence electrons. The number of hydrogen-bond donors (Lipinski definition) is 2. The molecule has 0 saturated heterocycles. The fourth-order valence-electron chi connectivity index (χ4n) is 4.76. The van der Waals surface area contributed by atoms with Crippen molar-refractivity contribution < 1.29 is 10.2 Å². The lowest BCUT2D eigenvalue weighted by Crippen LogP contribution is -2.40. The molecule has 0 saturated carbocycles. The molecule has 4 unspecified atom stereocenters. The zero-order valence-corrected chi connectivity index (χ0v) is 22.5. The van der Waals surface area contributed by atoms with Crippen LogP contribution in [0.3, 0.4) is 0 Å². The minimum atomic E-state index is -2.14. The SMILES string of the molecule is Oc1c2c(c(O)c3c1C1(Cl)C(Cl)=C(Cl)C3(Cl)C1(Cl)Cl)C1(Cl)C(Cl)=C(Cl)C2(Cl)C1(Cl)Cl. The van der Waals surface area contributed by atoms with Gasteiger partial charge < -0.3 is 10.2 Å². The predicted octanol–water partition coefficient (Wildman–Crippen LogP) is 8.61. The van der Waals surface area contributed by atoms with Crippen molar-refractivity contribution >= 4 is 139 Å². The van der Waals surface area contributed by atoms with Gasteiger partial charge in [-0.15, -0.1) is 46.4 Å². The summed E-state index contributed by atoms with van der Waals surface area (Å²) in [5, 5.41) is 21.7. The van der Waals surface area contributed by atoms with Gasteiger partial charge in [-0.05, 0) is 0 Å². The van der Waals surface area contributed by atoms with Gasteiger partial charge in [0.05, 0.1) is 20.1 Å². The molecule has 0 amide bonds. The maximum Gasteiger partial charge on any atom is 0.174 e. The first-order chi connectivity index (χ1) is 13.4. The molecule has 4 aliphatic carbocycles. The number of hydrogen-bond acceptors (Lipinski definition) is 2. The van der Waals surface area contributed by atoms with E-state index in [0.29, 0.717) is 0 Å². The molecule has 2 nitrogen and oxygen atoms in total. The average molecular weight is 652 g/mol. The van der Waals surface area contributed by atoms with E-state index in [0.717, 1.165) is 0 Å². The quantitative estimate of drug-likeness (QED) is 0.218. The molecule has 5 rings (SSSR count). The highest BCUT2D eigenvalue weighted by atomic mass is 35.5. The van der Waals surface area contributed by atoms with E-state index in [4.69, 9.17) is 139 Å². The molecule has 0 aromatic heterocycles. The first-order valence-corrected chi connectivity index (χ1v) is 12.3. The van der Waals surface area contributed by atoms with Gasteiger partial charge in [-0.25, -0.2) is 0 Å². The Kier molecular flexibility index (Phi) is 4.66. The second-order valence-corrected chi connectivity index (χ2v) is 13.7. The van der Waals surface area contributed by atoms with Crippen LogP contribution >= 0.6 is 139 Å². The van der Waals surface area contributed by atoms with Crippen LogP contribution in [0, 0.1) is 0 Å². The molecular weight excluding hydrogens is 650 g/mol. The molecular formula is C16H2Cl12O2. The second kappa shape index (κ2) is 5.94. The smallest absolute Gasteiger partial charge is 0.174 e. The van der Waals surface area contributed by atoms with Crippen LogP contribution in [0.4, 0.5) is 0 Å². The van der Waals surface area contributed by atoms with Crippen LogP contribution in [0.25, 0.3) is 0 Å². The fraction of sp³-hybridized carbons (Fsp3) is 0.375.